The average molecular weight is 341 g/mol. The lowest BCUT2D eigenvalue weighted by Gasteiger charge is -2.06. The zero-order valence-corrected chi connectivity index (χ0v) is 13.3. The van der Waals surface area contributed by atoms with Gasteiger partial charge in [-0.15, -0.1) is 0 Å². The van der Waals surface area contributed by atoms with E-state index in [2.05, 4.69) is 0 Å². The smallest absolute Gasteiger partial charge is 0.308 e. The van der Waals surface area contributed by atoms with Crippen molar-refractivity contribution in [2.45, 2.75) is 11.8 Å². The monoisotopic (exact) mass is 341 g/mol. The largest absolute Gasteiger partial charge is 0.426 e. The number of Topliss-reactive ketones (excluding diaryl/α,β-unsaturated/α-hetero) is 1. The van der Waals surface area contributed by atoms with Crippen LogP contribution >= 0.6 is 11.8 Å². The number of ether oxygens (including phenoxy) is 1. The fourth-order valence-electron chi connectivity index (χ4n) is 2.29. The molecule has 2 aromatic carbocycles. The highest BCUT2D eigenvalue weighted by molar-refractivity contribution is 8.04. The molecule has 0 fully saturated rings. The molecule has 0 atom stereocenters. The molecule has 6 nitrogen and oxygen atoms in total. The fourth-order valence-corrected chi connectivity index (χ4v) is 3.33. The fraction of sp³-hybridized carbons (Fsp3) is 0.0588. The van der Waals surface area contributed by atoms with Crippen LogP contribution in [0.3, 0.4) is 0 Å². The minimum atomic E-state index is -0.544. The van der Waals surface area contributed by atoms with Crippen LogP contribution in [0.2, 0.25) is 0 Å². The van der Waals surface area contributed by atoms with Crippen molar-refractivity contribution in [1.29, 1.82) is 0 Å². The Morgan fingerprint density at radius 3 is 2.67 bits per heavy atom. The van der Waals surface area contributed by atoms with E-state index in [1.54, 1.807) is 12.1 Å². The number of thioether (sulfide) groups is 1. The number of non-ortho nitro benzene ring substituents is 1. The van der Waals surface area contributed by atoms with Crippen molar-refractivity contribution in [3.05, 3.63) is 68.6 Å². The molecule has 1 aliphatic rings. The van der Waals surface area contributed by atoms with Gasteiger partial charge in [0.2, 0.25) is 5.78 Å². The highest BCUT2D eigenvalue weighted by atomic mass is 32.2. The normalized spacial score (nSPS) is 14.5. The molecule has 24 heavy (non-hydrogen) atoms. The molecule has 0 N–H and O–H groups in total. The van der Waals surface area contributed by atoms with Crippen LogP contribution < -0.4 is 4.74 Å². The number of allylic oxidation sites excluding steroid dienone is 1. The third-order valence-corrected chi connectivity index (χ3v) is 4.42. The van der Waals surface area contributed by atoms with E-state index in [1.807, 2.05) is 12.1 Å². The molecule has 0 saturated carbocycles. The second-order valence-electron chi connectivity index (χ2n) is 5.01. The van der Waals surface area contributed by atoms with Gasteiger partial charge in [-0.3, -0.25) is 19.7 Å². The molecule has 0 radical (unpaired) electrons. The Balaban J connectivity index is 2.05. The molecule has 7 heteroatoms. The molecule has 0 amide bonds. The number of nitro benzene ring substituents is 1. The topological polar surface area (TPSA) is 86.5 Å². The lowest BCUT2D eigenvalue weighted by atomic mass is 10.1. The summed E-state index contributed by atoms with van der Waals surface area (Å²) in [7, 11) is 0. The summed E-state index contributed by atoms with van der Waals surface area (Å²) in [5, 5.41) is 11.0. The van der Waals surface area contributed by atoms with Crippen LogP contribution in [0.5, 0.6) is 5.75 Å². The SMILES string of the molecule is CC(=O)Oc1ccc([N+](=O)[O-])cc1/C=C1/Sc2ccccc2C1=O. The van der Waals surface area contributed by atoms with Gasteiger partial charge < -0.3 is 4.74 Å². The van der Waals surface area contributed by atoms with E-state index < -0.39 is 10.9 Å². The summed E-state index contributed by atoms with van der Waals surface area (Å²) in [6, 6.07) is 11.0. The first-order valence-electron chi connectivity index (χ1n) is 6.96. The first-order valence-corrected chi connectivity index (χ1v) is 7.77. The molecule has 3 rings (SSSR count). The van der Waals surface area contributed by atoms with Gasteiger partial charge in [-0.25, -0.2) is 0 Å². The van der Waals surface area contributed by atoms with E-state index in [-0.39, 0.29) is 17.2 Å². The van der Waals surface area contributed by atoms with Crippen molar-refractivity contribution in [1.82, 2.24) is 0 Å². The Kier molecular flexibility index (Phi) is 4.18. The second kappa shape index (κ2) is 6.29. The number of rotatable bonds is 3. The molecule has 120 valence electrons. The number of esters is 1. The zero-order valence-electron chi connectivity index (χ0n) is 12.5. The first kappa shape index (κ1) is 15.9. The van der Waals surface area contributed by atoms with Crippen LogP contribution in [0, 0.1) is 10.1 Å². The predicted octanol–water partition coefficient (Wildman–Crippen LogP) is 3.85. The number of fused-ring (bicyclic) bond motifs is 1. The summed E-state index contributed by atoms with van der Waals surface area (Å²) in [6.45, 7) is 1.24. The van der Waals surface area contributed by atoms with E-state index in [4.69, 9.17) is 4.74 Å². The molecule has 1 heterocycles. The Hall–Kier alpha value is -2.93. The molecular weight excluding hydrogens is 330 g/mol. The van der Waals surface area contributed by atoms with Crippen LogP contribution in [0.4, 0.5) is 5.69 Å². The van der Waals surface area contributed by atoms with Gasteiger partial charge >= 0.3 is 5.97 Å². The van der Waals surface area contributed by atoms with Crippen molar-refractivity contribution in [3.8, 4) is 5.75 Å². The molecule has 0 unspecified atom stereocenters. The predicted molar refractivity (Wildman–Crippen MR) is 89.0 cm³/mol. The van der Waals surface area contributed by atoms with Crippen molar-refractivity contribution < 1.29 is 19.2 Å². The van der Waals surface area contributed by atoms with E-state index in [1.165, 1.54) is 43.0 Å². The first-order chi connectivity index (χ1) is 11.5. The second-order valence-corrected chi connectivity index (χ2v) is 6.09. The molecule has 0 aliphatic carbocycles. The van der Waals surface area contributed by atoms with Crippen LogP contribution in [0.25, 0.3) is 6.08 Å². The number of carbonyl (C=O) groups is 2. The molecule has 0 bridgehead atoms. The quantitative estimate of drug-likeness (QED) is 0.277. The number of hydrogen-bond acceptors (Lipinski definition) is 6. The average Bonchev–Trinajstić information content (AvgIpc) is 2.85. The number of ketones is 1. The molecule has 0 saturated heterocycles. The lowest BCUT2D eigenvalue weighted by Crippen LogP contribution is -2.03. The van der Waals surface area contributed by atoms with Gasteiger partial charge in [-0.05, 0) is 24.3 Å². The van der Waals surface area contributed by atoms with Crippen LogP contribution in [-0.4, -0.2) is 16.7 Å². The van der Waals surface area contributed by atoms with Gasteiger partial charge in [0.05, 0.1) is 9.83 Å². The highest BCUT2D eigenvalue weighted by Crippen LogP contribution is 2.41. The van der Waals surface area contributed by atoms with Gasteiger partial charge in [-0.2, -0.15) is 0 Å². The molecule has 0 aromatic heterocycles. The van der Waals surface area contributed by atoms with Gasteiger partial charge in [-0.1, -0.05) is 23.9 Å². The Bertz CT molecular complexity index is 904. The molecule has 2 aromatic rings. The van der Waals surface area contributed by atoms with E-state index >= 15 is 0 Å². The third-order valence-electron chi connectivity index (χ3n) is 3.32. The number of nitrogens with zero attached hydrogens (tertiary/aromatic N) is 1. The molecule has 1 aliphatic heterocycles. The summed E-state index contributed by atoms with van der Waals surface area (Å²) >= 11 is 1.28. The van der Waals surface area contributed by atoms with Crippen molar-refractivity contribution in [3.63, 3.8) is 0 Å². The van der Waals surface area contributed by atoms with E-state index in [9.17, 15) is 19.7 Å². The minimum absolute atomic E-state index is 0.147. The maximum atomic E-state index is 12.4. The van der Waals surface area contributed by atoms with Crippen molar-refractivity contribution in [2.75, 3.05) is 0 Å². The number of benzene rings is 2. The van der Waals surface area contributed by atoms with Crippen molar-refractivity contribution in [2.24, 2.45) is 0 Å². The third kappa shape index (κ3) is 3.07. The lowest BCUT2D eigenvalue weighted by molar-refractivity contribution is -0.384. The molecular formula is C17H11NO5S. The maximum Gasteiger partial charge on any atom is 0.308 e. The maximum absolute atomic E-state index is 12.4. The summed E-state index contributed by atoms with van der Waals surface area (Å²) in [5.74, 6) is -0.530. The number of nitro groups is 1. The minimum Gasteiger partial charge on any atom is -0.426 e. The van der Waals surface area contributed by atoms with Crippen molar-refractivity contribution >= 4 is 35.3 Å². The van der Waals surface area contributed by atoms with Gasteiger partial charge in [0.25, 0.3) is 5.69 Å². The van der Waals surface area contributed by atoms with Gasteiger partial charge in [0.15, 0.2) is 0 Å². The summed E-state index contributed by atoms with van der Waals surface area (Å²) in [6.07, 6.45) is 1.51. The standard InChI is InChI=1S/C17H11NO5S/c1-10(19)23-14-7-6-12(18(21)22)8-11(14)9-16-17(20)13-4-2-3-5-15(13)24-16/h2-9H,1H3/b16-9+. The summed E-state index contributed by atoms with van der Waals surface area (Å²) in [4.78, 5) is 35.3. The van der Waals surface area contributed by atoms with Crippen LogP contribution in [0.1, 0.15) is 22.8 Å². The van der Waals surface area contributed by atoms with E-state index in [0.29, 0.717) is 16.0 Å². The van der Waals surface area contributed by atoms with Crippen LogP contribution in [-0.2, 0) is 4.79 Å². The van der Waals surface area contributed by atoms with Gasteiger partial charge in [0, 0.05) is 35.1 Å². The Morgan fingerprint density at radius 2 is 2.00 bits per heavy atom. The van der Waals surface area contributed by atoms with Gasteiger partial charge in [0.1, 0.15) is 5.75 Å². The number of hydrogen-bond donors (Lipinski definition) is 0. The van der Waals surface area contributed by atoms with Crippen LogP contribution in [0.15, 0.2) is 52.3 Å². The zero-order chi connectivity index (χ0) is 17.3. The van der Waals surface area contributed by atoms with E-state index in [0.717, 1.165) is 4.90 Å². The summed E-state index contributed by atoms with van der Waals surface area (Å²) < 4.78 is 5.08. The Morgan fingerprint density at radius 1 is 1.25 bits per heavy atom. The Labute approximate surface area is 141 Å². The molecule has 0 spiro atoms. The highest BCUT2D eigenvalue weighted by Gasteiger charge is 2.26. The summed E-state index contributed by atoms with van der Waals surface area (Å²) in [5.41, 5.74) is 0.752. The number of carbonyl (C=O) groups excluding carboxylic acids is 2.